The van der Waals surface area contributed by atoms with Crippen LogP contribution in [0.4, 0.5) is 0 Å². The number of hydrogen-bond acceptors (Lipinski definition) is 3. The summed E-state index contributed by atoms with van der Waals surface area (Å²) in [4.78, 5) is 4.20. The summed E-state index contributed by atoms with van der Waals surface area (Å²) in [5, 5.41) is 8.34. The van der Waals surface area contributed by atoms with E-state index in [1.807, 2.05) is 12.1 Å². The molecular formula is C8H9BNO2. The molecule has 1 N–H and O–H groups in total. The van der Waals surface area contributed by atoms with E-state index >= 15 is 0 Å². The lowest BCUT2D eigenvalue weighted by Gasteiger charge is -2.01. The van der Waals surface area contributed by atoms with Crippen molar-refractivity contribution in [2.75, 3.05) is 0 Å². The fourth-order valence-corrected chi connectivity index (χ4v) is 1.14. The first kappa shape index (κ1) is 7.62. The summed E-state index contributed by atoms with van der Waals surface area (Å²) in [6.07, 6.45) is 4.12. The Bertz CT molecular complexity index is 258. The van der Waals surface area contributed by atoms with Crippen LogP contribution in [0, 0.1) is 0 Å². The van der Waals surface area contributed by atoms with Crippen molar-refractivity contribution in [1.29, 1.82) is 0 Å². The van der Waals surface area contributed by atoms with E-state index in [4.69, 9.17) is 9.68 Å². The van der Waals surface area contributed by atoms with Crippen LogP contribution in [0.5, 0.6) is 5.75 Å². The molecule has 0 amide bonds. The summed E-state index contributed by atoms with van der Waals surface area (Å²) in [7, 11) is 0.661. The first-order chi connectivity index (χ1) is 5.90. The zero-order valence-corrected chi connectivity index (χ0v) is 6.60. The van der Waals surface area contributed by atoms with Gasteiger partial charge in [0.1, 0.15) is 5.75 Å². The Morgan fingerprint density at radius 1 is 1.50 bits per heavy atom. The molecule has 1 fully saturated rings. The molecule has 3 nitrogen and oxygen atoms in total. The minimum Gasteiger partial charge on any atom is -0.536 e. The molecule has 12 heavy (non-hydrogen) atoms. The molecule has 0 spiro atoms. The van der Waals surface area contributed by atoms with Crippen molar-refractivity contribution < 1.29 is 9.68 Å². The lowest BCUT2D eigenvalue weighted by atomic mass is 10.2. The monoisotopic (exact) mass is 162 g/mol. The average Bonchev–Trinajstić information content (AvgIpc) is 2.89. The van der Waals surface area contributed by atoms with E-state index in [-0.39, 0.29) is 0 Å². The molecule has 1 aromatic rings. The van der Waals surface area contributed by atoms with Crippen LogP contribution in [0.2, 0.25) is 0 Å². The standard InChI is InChI=1S/C8H9BNO2/c11-9-12-7-3-4-8(10-5-7)6-1-2-6/h3-6,11H,1-2H2. The van der Waals surface area contributed by atoms with Crippen molar-refractivity contribution in [3.63, 3.8) is 0 Å². The van der Waals surface area contributed by atoms with Crippen LogP contribution in [0.25, 0.3) is 0 Å². The third kappa shape index (κ3) is 1.59. The van der Waals surface area contributed by atoms with Gasteiger partial charge in [0, 0.05) is 11.6 Å². The van der Waals surface area contributed by atoms with E-state index in [1.165, 1.54) is 12.8 Å². The quantitative estimate of drug-likeness (QED) is 0.670. The molecule has 0 aromatic carbocycles. The van der Waals surface area contributed by atoms with E-state index < -0.39 is 0 Å². The number of hydrogen-bond donors (Lipinski definition) is 1. The second kappa shape index (κ2) is 3.15. The molecule has 1 radical (unpaired) electrons. The van der Waals surface area contributed by atoms with Crippen LogP contribution >= 0.6 is 0 Å². The molecule has 61 valence electrons. The van der Waals surface area contributed by atoms with Gasteiger partial charge in [0.15, 0.2) is 0 Å². The predicted octanol–water partition coefficient (Wildman–Crippen LogP) is 0.864. The first-order valence-corrected chi connectivity index (χ1v) is 3.98. The lowest BCUT2D eigenvalue weighted by molar-refractivity contribution is 0.452. The minimum atomic E-state index is 0.571. The van der Waals surface area contributed by atoms with Gasteiger partial charge in [-0.3, -0.25) is 4.98 Å². The summed E-state index contributed by atoms with van der Waals surface area (Å²) in [5.74, 6) is 1.24. The van der Waals surface area contributed by atoms with Gasteiger partial charge in [0.25, 0.3) is 0 Å². The molecule has 1 heterocycles. The highest BCUT2D eigenvalue weighted by molar-refractivity contribution is 6.17. The predicted molar refractivity (Wildman–Crippen MR) is 44.8 cm³/mol. The Hall–Kier alpha value is -1.03. The lowest BCUT2D eigenvalue weighted by Crippen LogP contribution is -2.00. The zero-order valence-electron chi connectivity index (χ0n) is 6.60. The van der Waals surface area contributed by atoms with Crippen LogP contribution in [0.1, 0.15) is 24.5 Å². The maximum Gasteiger partial charge on any atom is 0.569 e. The number of nitrogens with zero attached hydrogens (tertiary/aromatic N) is 1. The molecule has 0 atom stereocenters. The van der Waals surface area contributed by atoms with Gasteiger partial charge in [-0.05, 0) is 25.0 Å². The molecule has 0 aliphatic heterocycles. The Labute approximate surface area is 71.7 Å². The second-order valence-electron chi connectivity index (χ2n) is 2.92. The molecule has 2 rings (SSSR count). The van der Waals surface area contributed by atoms with Gasteiger partial charge < -0.3 is 9.68 Å². The van der Waals surface area contributed by atoms with Crippen molar-refractivity contribution in [2.45, 2.75) is 18.8 Å². The number of aromatic nitrogens is 1. The van der Waals surface area contributed by atoms with Gasteiger partial charge in [0.05, 0.1) is 6.20 Å². The van der Waals surface area contributed by atoms with Crippen LogP contribution < -0.4 is 4.65 Å². The third-order valence-corrected chi connectivity index (χ3v) is 1.94. The van der Waals surface area contributed by atoms with Crippen molar-refractivity contribution >= 4 is 7.69 Å². The number of rotatable bonds is 3. The Morgan fingerprint density at radius 2 is 2.33 bits per heavy atom. The average molecular weight is 162 g/mol. The topological polar surface area (TPSA) is 42.4 Å². The molecule has 0 saturated heterocycles. The Balaban J connectivity index is 2.08. The van der Waals surface area contributed by atoms with Gasteiger partial charge in [-0.25, -0.2) is 0 Å². The summed E-state index contributed by atoms with van der Waals surface area (Å²) < 4.78 is 4.73. The fourth-order valence-electron chi connectivity index (χ4n) is 1.14. The molecular weight excluding hydrogens is 153 g/mol. The maximum absolute atomic E-state index is 8.34. The molecule has 1 aliphatic carbocycles. The van der Waals surface area contributed by atoms with Crippen molar-refractivity contribution in [2.24, 2.45) is 0 Å². The molecule has 1 aromatic heterocycles. The van der Waals surface area contributed by atoms with Crippen LogP contribution in [0.15, 0.2) is 18.3 Å². The van der Waals surface area contributed by atoms with E-state index in [0.717, 1.165) is 5.69 Å². The van der Waals surface area contributed by atoms with Crippen molar-refractivity contribution in [1.82, 2.24) is 4.98 Å². The highest BCUT2D eigenvalue weighted by Crippen LogP contribution is 2.38. The van der Waals surface area contributed by atoms with Crippen LogP contribution in [0.3, 0.4) is 0 Å². The van der Waals surface area contributed by atoms with E-state index in [1.54, 1.807) is 6.20 Å². The van der Waals surface area contributed by atoms with E-state index in [9.17, 15) is 0 Å². The highest BCUT2D eigenvalue weighted by Gasteiger charge is 2.24. The first-order valence-electron chi connectivity index (χ1n) is 3.98. The Kier molecular flexibility index (Phi) is 2.00. The van der Waals surface area contributed by atoms with Gasteiger partial charge in [-0.1, -0.05) is 0 Å². The molecule has 1 saturated carbocycles. The highest BCUT2D eigenvalue weighted by atomic mass is 16.5. The van der Waals surface area contributed by atoms with Crippen molar-refractivity contribution in [3.05, 3.63) is 24.0 Å². The van der Waals surface area contributed by atoms with Gasteiger partial charge in [0.2, 0.25) is 0 Å². The van der Waals surface area contributed by atoms with Crippen LogP contribution in [-0.4, -0.2) is 17.7 Å². The van der Waals surface area contributed by atoms with Gasteiger partial charge in [-0.2, -0.15) is 0 Å². The summed E-state index contributed by atoms with van der Waals surface area (Å²) in [6, 6.07) is 3.75. The van der Waals surface area contributed by atoms with Crippen molar-refractivity contribution in [3.8, 4) is 5.75 Å². The van der Waals surface area contributed by atoms with Crippen LogP contribution in [-0.2, 0) is 0 Å². The van der Waals surface area contributed by atoms with E-state index in [2.05, 4.69) is 4.98 Å². The third-order valence-electron chi connectivity index (χ3n) is 1.94. The second-order valence-corrected chi connectivity index (χ2v) is 2.92. The molecule has 0 unspecified atom stereocenters. The summed E-state index contributed by atoms with van der Waals surface area (Å²) >= 11 is 0. The maximum atomic E-state index is 8.34. The van der Waals surface area contributed by atoms with Gasteiger partial charge >= 0.3 is 7.69 Å². The van der Waals surface area contributed by atoms with E-state index in [0.29, 0.717) is 19.4 Å². The smallest absolute Gasteiger partial charge is 0.536 e. The molecule has 1 aliphatic rings. The molecule has 4 heteroatoms. The van der Waals surface area contributed by atoms with Gasteiger partial charge in [-0.15, -0.1) is 0 Å². The minimum absolute atomic E-state index is 0.571. The number of pyridine rings is 1. The largest absolute Gasteiger partial charge is 0.569 e. The fraction of sp³-hybridized carbons (Fsp3) is 0.375. The summed E-state index contributed by atoms with van der Waals surface area (Å²) in [5.41, 5.74) is 1.13. The summed E-state index contributed by atoms with van der Waals surface area (Å²) in [6.45, 7) is 0. The SMILES string of the molecule is O[B]Oc1ccc(C2CC2)nc1. The Morgan fingerprint density at radius 3 is 2.83 bits per heavy atom. The zero-order chi connectivity index (χ0) is 8.39. The normalized spacial score (nSPS) is 15.8. The molecule has 0 bridgehead atoms.